The van der Waals surface area contributed by atoms with Gasteiger partial charge < -0.3 is 0 Å². The summed E-state index contributed by atoms with van der Waals surface area (Å²) in [6.45, 7) is 6.31. The molecule has 0 spiro atoms. The molecule has 1 aromatic heterocycles. The quantitative estimate of drug-likeness (QED) is 0.688. The summed E-state index contributed by atoms with van der Waals surface area (Å²) in [5, 5.41) is 2.90. The fourth-order valence-electron chi connectivity index (χ4n) is 1.63. The van der Waals surface area contributed by atoms with E-state index < -0.39 is 0 Å². The molecule has 13 heavy (non-hydrogen) atoms. The van der Waals surface area contributed by atoms with Crippen LogP contribution in [0.2, 0.25) is 0 Å². The van der Waals surface area contributed by atoms with E-state index in [1.807, 2.05) is 16.4 Å². The number of rotatable bonds is 0. The Labute approximate surface area is 81.5 Å². The second-order valence-electron chi connectivity index (χ2n) is 4.37. The van der Waals surface area contributed by atoms with Crippen LogP contribution in [-0.2, 0) is 17.0 Å². The van der Waals surface area contributed by atoms with Crippen molar-refractivity contribution in [3.8, 4) is 0 Å². The van der Waals surface area contributed by atoms with E-state index in [2.05, 4.69) is 25.9 Å². The second kappa shape index (κ2) is 2.67. The van der Waals surface area contributed by atoms with E-state index in [1.54, 1.807) is 0 Å². The first-order valence-corrected chi connectivity index (χ1v) is 5.56. The summed E-state index contributed by atoms with van der Waals surface area (Å²) in [6, 6.07) is 0. The third-order valence-electron chi connectivity index (χ3n) is 2.26. The lowest BCUT2D eigenvalue weighted by Crippen LogP contribution is -2.26. The van der Waals surface area contributed by atoms with Crippen LogP contribution in [0.5, 0.6) is 0 Å². The summed E-state index contributed by atoms with van der Waals surface area (Å²) in [7, 11) is 0. The number of hydrogen-bond acceptors (Lipinski definition) is 2. The lowest BCUT2D eigenvalue weighted by molar-refractivity contribution is 0.345. The minimum atomic E-state index is -0.0162. The number of nitrogens with one attached hydrogen (secondary N) is 1. The predicted octanol–water partition coefficient (Wildman–Crippen LogP) is 1.68. The van der Waals surface area contributed by atoms with Crippen molar-refractivity contribution < 1.29 is 0 Å². The van der Waals surface area contributed by atoms with Crippen molar-refractivity contribution in [2.45, 2.75) is 37.8 Å². The zero-order valence-corrected chi connectivity index (χ0v) is 8.99. The van der Waals surface area contributed by atoms with E-state index in [9.17, 15) is 4.79 Å². The van der Waals surface area contributed by atoms with Crippen molar-refractivity contribution in [1.29, 1.82) is 0 Å². The molecule has 72 valence electrons. The van der Waals surface area contributed by atoms with Gasteiger partial charge in [0.15, 0.2) is 0 Å². The highest BCUT2D eigenvalue weighted by molar-refractivity contribution is 7.98. The van der Waals surface area contributed by atoms with Crippen LogP contribution in [-0.4, -0.2) is 9.78 Å². The van der Waals surface area contributed by atoms with Crippen LogP contribution in [0, 0.1) is 0 Å². The van der Waals surface area contributed by atoms with Gasteiger partial charge in [-0.1, -0.05) is 0 Å². The second-order valence-corrected chi connectivity index (χ2v) is 5.35. The van der Waals surface area contributed by atoms with Gasteiger partial charge in [0.25, 0.3) is 5.56 Å². The van der Waals surface area contributed by atoms with Crippen molar-refractivity contribution in [3.63, 3.8) is 0 Å². The molecule has 1 aliphatic heterocycles. The molecule has 1 N–H and O–H groups in total. The number of aromatic amines is 1. The van der Waals surface area contributed by atoms with Crippen molar-refractivity contribution in [2.75, 3.05) is 0 Å². The molecule has 0 fully saturated rings. The Morgan fingerprint density at radius 3 is 2.69 bits per heavy atom. The third kappa shape index (κ3) is 1.33. The summed E-state index contributed by atoms with van der Waals surface area (Å²) >= 11 is 1.81. The molecule has 0 amide bonds. The van der Waals surface area contributed by atoms with Crippen molar-refractivity contribution in [3.05, 3.63) is 21.6 Å². The smallest absolute Gasteiger partial charge is 0.268 e. The van der Waals surface area contributed by atoms with E-state index in [-0.39, 0.29) is 11.1 Å². The normalized spacial score (nSPS) is 16.2. The minimum absolute atomic E-state index is 0.0162. The average molecular weight is 198 g/mol. The van der Waals surface area contributed by atoms with Gasteiger partial charge >= 0.3 is 0 Å². The van der Waals surface area contributed by atoms with Crippen LogP contribution >= 0.6 is 11.8 Å². The maximum Gasteiger partial charge on any atom is 0.268 e. The van der Waals surface area contributed by atoms with Gasteiger partial charge in [-0.15, -0.1) is 0 Å². The molecular formula is C9H14N2OS. The first kappa shape index (κ1) is 8.94. The van der Waals surface area contributed by atoms with Gasteiger partial charge in [0.05, 0.1) is 16.8 Å². The summed E-state index contributed by atoms with van der Waals surface area (Å²) in [6.07, 6.45) is 0. The Kier molecular flexibility index (Phi) is 1.84. The molecule has 3 nitrogen and oxygen atoms in total. The number of thioether (sulfide) groups is 1. The van der Waals surface area contributed by atoms with Crippen LogP contribution in [0.15, 0.2) is 4.79 Å². The number of nitrogens with zero attached hydrogens (tertiary/aromatic N) is 1. The molecular weight excluding hydrogens is 184 g/mol. The zero-order valence-electron chi connectivity index (χ0n) is 8.18. The Morgan fingerprint density at radius 1 is 1.38 bits per heavy atom. The predicted molar refractivity (Wildman–Crippen MR) is 55.0 cm³/mol. The molecule has 0 bridgehead atoms. The zero-order chi connectivity index (χ0) is 9.64. The summed E-state index contributed by atoms with van der Waals surface area (Å²) < 4.78 is 2.00. The molecule has 0 atom stereocenters. The topological polar surface area (TPSA) is 37.8 Å². The van der Waals surface area contributed by atoms with E-state index in [0.717, 1.165) is 17.1 Å². The minimum Gasteiger partial charge on any atom is -0.283 e. The largest absolute Gasteiger partial charge is 0.283 e. The van der Waals surface area contributed by atoms with Gasteiger partial charge in [-0.05, 0) is 20.8 Å². The number of H-pyrrole nitrogens is 1. The van der Waals surface area contributed by atoms with E-state index in [1.165, 1.54) is 5.69 Å². The van der Waals surface area contributed by atoms with Crippen LogP contribution in [0.25, 0.3) is 0 Å². The number of hydrogen-bond donors (Lipinski definition) is 1. The SMILES string of the molecule is CC(C)(C)n1[nH]c(=O)c2c1CSC2. The van der Waals surface area contributed by atoms with Crippen LogP contribution in [0.3, 0.4) is 0 Å². The van der Waals surface area contributed by atoms with Gasteiger partial charge in [-0.25, -0.2) is 0 Å². The molecule has 0 saturated heterocycles. The molecule has 0 unspecified atom stereocenters. The van der Waals surface area contributed by atoms with Crippen LogP contribution in [0.1, 0.15) is 32.0 Å². The average Bonchev–Trinajstić information content (AvgIpc) is 2.51. The fraction of sp³-hybridized carbons (Fsp3) is 0.667. The standard InChI is InChI=1S/C9H14N2OS/c1-9(2,3)11-7-5-13-4-6(7)8(12)10-11/h4-5H2,1-3H3,(H,10,12). The Bertz CT molecular complexity index is 383. The third-order valence-corrected chi connectivity index (χ3v) is 3.23. The van der Waals surface area contributed by atoms with Gasteiger partial charge in [-0.2, -0.15) is 11.8 Å². The van der Waals surface area contributed by atoms with Gasteiger partial charge in [0, 0.05) is 11.5 Å². The monoisotopic (exact) mass is 198 g/mol. The first-order chi connectivity index (χ1) is 6.00. The van der Waals surface area contributed by atoms with E-state index in [4.69, 9.17) is 0 Å². The lowest BCUT2D eigenvalue weighted by atomic mass is 10.1. The molecule has 1 aliphatic rings. The lowest BCUT2D eigenvalue weighted by Gasteiger charge is -2.22. The van der Waals surface area contributed by atoms with E-state index in [0.29, 0.717) is 0 Å². The molecule has 0 aliphatic carbocycles. The van der Waals surface area contributed by atoms with Gasteiger partial charge in [-0.3, -0.25) is 14.6 Å². The molecule has 1 aromatic rings. The molecule has 0 saturated carbocycles. The summed E-state index contributed by atoms with van der Waals surface area (Å²) in [4.78, 5) is 11.5. The Balaban J connectivity index is 2.61. The molecule has 0 radical (unpaired) electrons. The highest BCUT2D eigenvalue weighted by Crippen LogP contribution is 2.29. The number of fused-ring (bicyclic) bond motifs is 1. The number of aromatic nitrogens is 2. The first-order valence-electron chi connectivity index (χ1n) is 4.41. The molecule has 2 rings (SSSR count). The molecule has 0 aromatic carbocycles. The van der Waals surface area contributed by atoms with Crippen molar-refractivity contribution in [1.82, 2.24) is 9.78 Å². The van der Waals surface area contributed by atoms with E-state index >= 15 is 0 Å². The Morgan fingerprint density at radius 2 is 2.08 bits per heavy atom. The molecule has 4 heteroatoms. The Hall–Kier alpha value is -0.640. The maximum absolute atomic E-state index is 11.5. The van der Waals surface area contributed by atoms with Crippen LogP contribution in [0.4, 0.5) is 0 Å². The van der Waals surface area contributed by atoms with Gasteiger partial charge in [0.2, 0.25) is 0 Å². The van der Waals surface area contributed by atoms with Crippen molar-refractivity contribution in [2.24, 2.45) is 0 Å². The maximum atomic E-state index is 11.5. The molecule has 2 heterocycles. The van der Waals surface area contributed by atoms with Crippen molar-refractivity contribution >= 4 is 11.8 Å². The van der Waals surface area contributed by atoms with Crippen LogP contribution < -0.4 is 5.56 Å². The van der Waals surface area contributed by atoms with Gasteiger partial charge in [0.1, 0.15) is 0 Å². The fourth-order valence-corrected chi connectivity index (χ4v) is 2.73. The highest BCUT2D eigenvalue weighted by atomic mass is 32.2. The summed E-state index contributed by atoms with van der Waals surface area (Å²) in [5.74, 6) is 1.83. The summed E-state index contributed by atoms with van der Waals surface area (Å²) in [5.41, 5.74) is 2.23. The highest BCUT2D eigenvalue weighted by Gasteiger charge is 2.25.